The average molecular weight is 236 g/mol. The van der Waals surface area contributed by atoms with Crippen molar-refractivity contribution in [3.8, 4) is 0 Å². The Morgan fingerprint density at radius 1 is 1.47 bits per heavy atom. The van der Waals surface area contributed by atoms with E-state index in [1.165, 1.54) is 6.92 Å². The molecule has 1 unspecified atom stereocenters. The summed E-state index contributed by atoms with van der Waals surface area (Å²) in [5.74, 6) is 0.995. The Morgan fingerprint density at radius 3 is 2.82 bits per heavy atom. The Labute approximate surface area is 99.8 Å². The van der Waals surface area contributed by atoms with Crippen LogP contribution in [-0.4, -0.2) is 35.4 Å². The van der Waals surface area contributed by atoms with Crippen molar-refractivity contribution in [3.63, 3.8) is 0 Å². The smallest absolute Gasteiger partial charge is 0.222 e. The molecule has 1 amide bonds. The van der Waals surface area contributed by atoms with E-state index in [2.05, 4.69) is 20.8 Å². The quantitative estimate of drug-likeness (QED) is 0.816. The molecule has 17 heavy (non-hydrogen) atoms. The van der Waals surface area contributed by atoms with Crippen LogP contribution in [0, 0.1) is 0 Å². The molecule has 1 atom stereocenters. The number of nitrogens with zero attached hydrogens (tertiary/aromatic N) is 2. The third kappa shape index (κ3) is 3.67. The topological polar surface area (TPSA) is 76.1 Å². The van der Waals surface area contributed by atoms with Gasteiger partial charge in [-0.25, -0.2) is 0 Å². The molecule has 0 saturated carbocycles. The minimum atomic E-state index is -0.153. The van der Waals surface area contributed by atoms with E-state index in [9.17, 15) is 4.79 Å². The first kappa shape index (κ1) is 11.8. The molecule has 6 nitrogen and oxygen atoms in total. The van der Waals surface area contributed by atoms with Crippen molar-refractivity contribution in [1.29, 1.82) is 0 Å². The Morgan fingerprint density at radius 2 is 2.24 bits per heavy atom. The van der Waals surface area contributed by atoms with Gasteiger partial charge in [0.05, 0.1) is 6.10 Å². The molecule has 1 aliphatic rings. The highest BCUT2D eigenvalue weighted by Crippen LogP contribution is 2.13. The molecule has 1 aliphatic heterocycles. The monoisotopic (exact) mass is 236 g/mol. The maximum atomic E-state index is 10.8. The molecule has 92 valence electrons. The van der Waals surface area contributed by atoms with Crippen LogP contribution in [0.1, 0.15) is 19.8 Å². The zero-order valence-electron chi connectivity index (χ0n) is 9.77. The van der Waals surface area contributed by atoms with Crippen molar-refractivity contribution in [2.45, 2.75) is 25.9 Å². The minimum absolute atomic E-state index is 0.153. The summed E-state index contributed by atoms with van der Waals surface area (Å²) in [5, 5.41) is 13.6. The molecule has 2 N–H and O–H groups in total. The van der Waals surface area contributed by atoms with Crippen molar-refractivity contribution in [3.05, 3.63) is 12.1 Å². The summed E-state index contributed by atoms with van der Waals surface area (Å²) >= 11 is 0. The van der Waals surface area contributed by atoms with Gasteiger partial charge in [0.15, 0.2) is 5.82 Å². The van der Waals surface area contributed by atoms with E-state index in [-0.39, 0.29) is 12.0 Å². The highest BCUT2D eigenvalue weighted by molar-refractivity contribution is 5.87. The zero-order chi connectivity index (χ0) is 12.1. The summed E-state index contributed by atoms with van der Waals surface area (Å²) in [6.45, 7) is 3.03. The second-order valence-corrected chi connectivity index (χ2v) is 4.00. The van der Waals surface area contributed by atoms with Crippen molar-refractivity contribution in [2.24, 2.45) is 0 Å². The van der Waals surface area contributed by atoms with Crippen LogP contribution < -0.4 is 10.6 Å². The predicted octanol–water partition coefficient (Wildman–Crippen LogP) is 1.03. The van der Waals surface area contributed by atoms with Gasteiger partial charge in [-0.15, -0.1) is 10.2 Å². The van der Waals surface area contributed by atoms with Gasteiger partial charge in [0.2, 0.25) is 5.91 Å². The molecule has 2 rings (SSSR count). The van der Waals surface area contributed by atoms with Crippen LogP contribution in [0.15, 0.2) is 12.1 Å². The Bertz CT molecular complexity index is 374. The summed E-state index contributed by atoms with van der Waals surface area (Å²) in [6.07, 6.45) is 2.48. The second kappa shape index (κ2) is 5.58. The normalized spacial score (nSPS) is 19.0. The van der Waals surface area contributed by atoms with Gasteiger partial charge in [-0.3, -0.25) is 4.79 Å². The summed E-state index contributed by atoms with van der Waals surface area (Å²) in [4.78, 5) is 10.8. The number of amides is 1. The summed E-state index contributed by atoms with van der Waals surface area (Å²) in [5.41, 5.74) is 0. The molecule has 1 fully saturated rings. The summed E-state index contributed by atoms with van der Waals surface area (Å²) in [6, 6.07) is 3.50. The number of anilines is 2. The van der Waals surface area contributed by atoms with Gasteiger partial charge in [-0.05, 0) is 25.0 Å². The fourth-order valence-electron chi connectivity index (χ4n) is 1.70. The number of hydrogen-bond acceptors (Lipinski definition) is 5. The average Bonchev–Trinajstić information content (AvgIpc) is 2.80. The lowest BCUT2D eigenvalue weighted by molar-refractivity contribution is -0.114. The van der Waals surface area contributed by atoms with Crippen LogP contribution in [-0.2, 0) is 9.53 Å². The summed E-state index contributed by atoms with van der Waals surface area (Å²) in [7, 11) is 0. The van der Waals surface area contributed by atoms with E-state index in [1.807, 2.05) is 0 Å². The van der Waals surface area contributed by atoms with Crippen LogP contribution in [0.3, 0.4) is 0 Å². The first-order chi connectivity index (χ1) is 8.24. The lowest BCUT2D eigenvalue weighted by Gasteiger charge is -2.10. The first-order valence-electron chi connectivity index (χ1n) is 5.71. The largest absolute Gasteiger partial charge is 0.376 e. The van der Waals surface area contributed by atoms with Crippen LogP contribution in [0.4, 0.5) is 11.6 Å². The van der Waals surface area contributed by atoms with Gasteiger partial charge < -0.3 is 15.4 Å². The lowest BCUT2D eigenvalue weighted by atomic mass is 10.2. The van der Waals surface area contributed by atoms with Gasteiger partial charge in [-0.2, -0.15) is 0 Å². The Kier molecular flexibility index (Phi) is 3.87. The third-order valence-corrected chi connectivity index (χ3v) is 2.50. The SMILES string of the molecule is CC(=O)Nc1ccc(NCC2CCCO2)nn1. The Hall–Kier alpha value is -1.69. The Balaban J connectivity index is 1.82. The maximum absolute atomic E-state index is 10.8. The van der Waals surface area contributed by atoms with Crippen molar-refractivity contribution >= 4 is 17.5 Å². The number of hydrogen-bond donors (Lipinski definition) is 2. The summed E-state index contributed by atoms with van der Waals surface area (Å²) < 4.78 is 5.48. The van der Waals surface area contributed by atoms with E-state index in [1.54, 1.807) is 12.1 Å². The van der Waals surface area contributed by atoms with E-state index in [4.69, 9.17) is 4.74 Å². The maximum Gasteiger partial charge on any atom is 0.222 e. The molecule has 1 saturated heterocycles. The van der Waals surface area contributed by atoms with Gasteiger partial charge in [0, 0.05) is 20.1 Å². The fraction of sp³-hybridized carbons (Fsp3) is 0.545. The molecule has 0 spiro atoms. The van der Waals surface area contributed by atoms with Crippen LogP contribution in [0.5, 0.6) is 0 Å². The standard InChI is InChI=1S/C11H16N4O2/c1-8(16)13-11-5-4-10(14-15-11)12-7-9-3-2-6-17-9/h4-5,9H,2-3,6-7H2,1H3,(H,12,14)(H,13,15,16). The minimum Gasteiger partial charge on any atom is -0.376 e. The number of aromatic nitrogens is 2. The molecular formula is C11H16N4O2. The number of rotatable bonds is 4. The van der Waals surface area contributed by atoms with Crippen molar-refractivity contribution in [1.82, 2.24) is 10.2 Å². The van der Waals surface area contributed by atoms with Gasteiger partial charge in [-0.1, -0.05) is 0 Å². The van der Waals surface area contributed by atoms with E-state index >= 15 is 0 Å². The predicted molar refractivity (Wildman–Crippen MR) is 63.8 cm³/mol. The number of carbonyl (C=O) groups excluding carboxylic acids is 1. The van der Waals surface area contributed by atoms with Crippen LogP contribution in [0.2, 0.25) is 0 Å². The van der Waals surface area contributed by atoms with E-state index < -0.39 is 0 Å². The zero-order valence-corrected chi connectivity index (χ0v) is 9.77. The van der Waals surface area contributed by atoms with E-state index in [0.29, 0.717) is 11.6 Å². The highest BCUT2D eigenvalue weighted by Gasteiger charge is 2.14. The van der Waals surface area contributed by atoms with Crippen LogP contribution >= 0.6 is 0 Å². The number of ether oxygens (including phenoxy) is 1. The molecule has 2 heterocycles. The first-order valence-corrected chi connectivity index (χ1v) is 5.71. The van der Waals surface area contributed by atoms with Crippen molar-refractivity contribution < 1.29 is 9.53 Å². The van der Waals surface area contributed by atoms with Crippen molar-refractivity contribution in [2.75, 3.05) is 23.8 Å². The molecule has 0 aromatic carbocycles. The molecule has 0 radical (unpaired) electrons. The highest BCUT2D eigenvalue weighted by atomic mass is 16.5. The molecule has 0 aliphatic carbocycles. The molecule has 1 aromatic rings. The number of carbonyl (C=O) groups is 1. The van der Waals surface area contributed by atoms with E-state index in [0.717, 1.165) is 26.0 Å². The fourth-order valence-corrected chi connectivity index (χ4v) is 1.70. The molecule has 1 aromatic heterocycles. The molecule has 6 heteroatoms. The molecular weight excluding hydrogens is 220 g/mol. The van der Waals surface area contributed by atoms with Gasteiger partial charge in [0.25, 0.3) is 0 Å². The van der Waals surface area contributed by atoms with Gasteiger partial charge >= 0.3 is 0 Å². The van der Waals surface area contributed by atoms with Gasteiger partial charge in [0.1, 0.15) is 5.82 Å². The van der Waals surface area contributed by atoms with Crippen LogP contribution in [0.25, 0.3) is 0 Å². The second-order valence-electron chi connectivity index (χ2n) is 4.00. The number of nitrogens with one attached hydrogen (secondary N) is 2. The molecule has 0 bridgehead atoms. The lowest BCUT2D eigenvalue weighted by Crippen LogP contribution is -2.19. The third-order valence-electron chi connectivity index (χ3n) is 2.50.